The molecule has 0 amide bonds. The Hall–Kier alpha value is 0.120. The van der Waals surface area contributed by atoms with Gasteiger partial charge < -0.3 is 4.90 Å². The molecule has 5 heteroatoms. The van der Waals surface area contributed by atoms with E-state index in [0.29, 0.717) is 24.1 Å². The Bertz CT molecular complexity index is 289. The quantitative estimate of drug-likeness (QED) is 0.693. The van der Waals surface area contributed by atoms with Crippen LogP contribution in [0.25, 0.3) is 0 Å². The minimum Gasteiger partial charge on any atom is -0.302 e. The van der Waals surface area contributed by atoms with Gasteiger partial charge in [0.2, 0.25) is 0 Å². The molecule has 0 aromatic rings. The first-order valence-corrected chi connectivity index (χ1v) is 4.12. The van der Waals surface area contributed by atoms with Crippen molar-refractivity contribution in [3.05, 3.63) is 36.0 Å². The molecule has 1 aliphatic rings. The molecule has 1 rings (SSSR count). The summed E-state index contributed by atoms with van der Waals surface area (Å²) in [6, 6.07) is 0. The van der Waals surface area contributed by atoms with Crippen molar-refractivity contribution in [1.82, 2.24) is 4.90 Å². The Morgan fingerprint density at radius 1 is 1.20 bits per heavy atom. The lowest BCUT2D eigenvalue weighted by Crippen LogP contribution is -2.28. The fraction of sp³-hybridized carbons (Fsp3) is 0.400. The summed E-state index contributed by atoms with van der Waals surface area (Å²) in [4.78, 5) is 1.92. The summed E-state index contributed by atoms with van der Waals surface area (Å²) < 4.78 is 25.7. The van der Waals surface area contributed by atoms with E-state index in [1.54, 1.807) is 0 Å². The number of hydrogen-bond donors (Lipinski definition) is 0. The lowest BCUT2D eigenvalue weighted by Gasteiger charge is -2.26. The lowest BCUT2D eigenvalue weighted by atomic mass is 9.99. The largest absolute Gasteiger partial charge is 0.302 e. The summed E-state index contributed by atoms with van der Waals surface area (Å²) in [5.74, 6) is -1.10. The second kappa shape index (κ2) is 7.40. The van der Waals surface area contributed by atoms with Gasteiger partial charge in [0.15, 0.2) is 0 Å². The molecular formula is C10H16F2INS. The maximum atomic E-state index is 12.9. The van der Waals surface area contributed by atoms with Crippen LogP contribution < -0.4 is 0 Å². The van der Waals surface area contributed by atoms with Crippen LogP contribution in [0, 0.1) is 0 Å². The lowest BCUT2D eigenvalue weighted by molar-refractivity contribution is 0.342. The van der Waals surface area contributed by atoms with Crippen molar-refractivity contribution < 1.29 is 8.78 Å². The third-order valence-corrected chi connectivity index (χ3v) is 2.19. The number of rotatable bonds is 2. The summed E-state index contributed by atoms with van der Waals surface area (Å²) >= 11 is 0. The molecule has 0 aliphatic carbocycles. The standard InChI is InChI=1S/C10H13F2N.HI.H2S/c1-7(11)9-4-5-13(3)6-10(9)8(2)12;;/h1-2,4-6H2,3H3;1H;1H2. The Morgan fingerprint density at radius 2 is 1.67 bits per heavy atom. The van der Waals surface area contributed by atoms with E-state index in [0.717, 1.165) is 6.54 Å². The maximum absolute atomic E-state index is 12.9. The van der Waals surface area contributed by atoms with Gasteiger partial charge in [-0.2, -0.15) is 13.5 Å². The zero-order chi connectivity index (χ0) is 10.0. The van der Waals surface area contributed by atoms with Crippen LogP contribution in [-0.2, 0) is 0 Å². The van der Waals surface area contributed by atoms with E-state index in [1.165, 1.54) is 0 Å². The van der Waals surface area contributed by atoms with Crippen molar-refractivity contribution in [1.29, 1.82) is 0 Å². The Balaban J connectivity index is 0. The van der Waals surface area contributed by atoms with Crippen molar-refractivity contribution in [3.63, 3.8) is 0 Å². The number of hydrogen-bond acceptors (Lipinski definition) is 1. The molecule has 0 unspecified atom stereocenters. The summed E-state index contributed by atoms with van der Waals surface area (Å²) in [7, 11) is 1.86. The Kier molecular flexibility index (Phi) is 8.64. The normalized spacial score (nSPS) is 16.5. The van der Waals surface area contributed by atoms with Crippen LogP contribution in [0.1, 0.15) is 6.42 Å². The molecule has 0 fully saturated rings. The van der Waals surface area contributed by atoms with E-state index in [4.69, 9.17) is 0 Å². The first kappa shape index (κ1) is 17.5. The van der Waals surface area contributed by atoms with Crippen LogP contribution in [-0.4, -0.2) is 25.0 Å². The highest BCUT2D eigenvalue weighted by molar-refractivity contribution is 14.0. The van der Waals surface area contributed by atoms with Crippen molar-refractivity contribution in [2.75, 3.05) is 20.1 Å². The molecule has 0 saturated heterocycles. The predicted molar refractivity (Wildman–Crippen MR) is 75.4 cm³/mol. The third kappa shape index (κ3) is 4.65. The molecule has 0 bridgehead atoms. The van der Waals surface area contributed by atoms with E-state index < -0.39 is 11.7 Å². The fourth-order valence-electron chi connectivity index (χ4n) is 1.45. The third-order valence-electron chi connectivity index (χ3n) is 2.19. The summed E-state index contributed by atoms with van der Waals surface area (Å²) in [6.45, 7) is 7.51. The van der Waals surface area contributed by atoms with Gasteiger partial charge >= 0.3 is 0 Å². The van der Waals surface area contributed by atoms with E-state index in [2.05, 4.69) is 13.2 Å². The topological polar surface area (TPSA) is 3.24 Å². The maximum Gasteiger partial charge on any atom is 0.120 e. The summed E-state index contributed by atoms with van der Waals surface area (Å²) in [5.41, 5.74) is 0.729. The Morgan fingerprint density at radius 3 is 2.07 bits per heavy atom. The van der Waals surface area contributed by atoms with Gasteiger partial charge in [-0.1, -0.05) is 13.2 Å². The molecule has 0 radical (unpaired) electrons. The van der Waals surface area contributed by atoms with Crippen molar-refractivity contribution in [3.8, 4) is 0 Å². The van der Waals surface area contributed by atoms with Crippen LogP contribution in [0.15, 0.2) is 36.0 Å². The van der Waals surface area contributed by atoms with Gasteiger partial charge in [-0.3, -0.25) is 0 Å². The first-order valence-electron chi connectivity index (χ1n) is 4.12. The molecule has 0 N–H and O–H groups in total. The smallest absolute Gasteiger partial charge is 0.120 e. The SMILES string of the molecule is C=C(F)C1=C(C(=C)F)CN(C)CC1.I.S. The zero-order valence-electron chi connectivity index (χ0n) is 8.65. The fourth-order valence-corrected chi connectivity index (χ4v) is 1.45. The van der Waals surface area contributed by atoms with E-state index in [1.807, 2.05) is 11.9 Å². The van der Waals surface area contributed by atoms with Gasteiger partial charge in [0, 0.05) is 18.7 Å². The number of allylic oxidation sites excluding steroid dienone is 1. The number of halogens is 3. The number of likely N-dealkylation sites (N-methyl/N-ethyl adjacent to an activating group) is 1. The van der Waals surface area contributed by atoms with Gasteiger partial charge in [-0.25, -0.2) is 8.78 Å². The van der Waals surface area contributed by atoms with Crippen LogP contribution in [0.3, 0.4) is 0 Å². The average Bonchev–Trinajstić information content (AvgIpc) is 2.03. The molecule has 0 saturated carbocycles. The van der Waals surface area contributed by atoms with Crippen molar-refractivity contribution in [2.45, 2.75) is 6.42 Å². The highest BCUT2D eigenvalue weighted by Crippen LogP contribution is 2.27. The van der Waals surface area contributed by atoms with Crippen LogP contribution in [0.2, 0.25) is 0 Å². The molecule has 1 heterocycles. The van der Waals surface area contributed by atoms with E-state index in [9.17, 15) is 8.78 Å². The molecule has 0 aromatic heterocycles. The Labute approximate surface area is 113 Å². The zero-order valence-corrected chi connectivity index (χ0v) is 12.0. The monoisotopic (exact) mass is 347 g/mol. The number of nitrogens with zero attached hydrogens (tertiary/aromatic N) is 1. The minimum atomic E-state index is -0.555. The van der Waals surface area contributed by atoms with Crippen molar-refractivity contribution >= 4 is 37.5 Å². The molecule has 0 atom stereocenters. The summed E-state index contributed by atoms with van der Waals surface area (Å²) in [5, 5.41) is 0. The van der Waals surface area contributed by atoms with E-state index in [-0.39, 0.29) is 37.5 Å². The molecule has 0 aromatic carbocycles. The molecular weight excluding hydrogens is 331 g/mol. The first-order chi connectivity index (χ1) is 6.02. The van der Waals surface area contributed by atoms with Gasteiger partial charge in [-0.15, -0.1) is 24.0 Å². The molecule has 0 spiro atoms. The van der Waals surface area contributed by atoms with E-state index >= 15 is 0 Å². The van der Waals surface area contributed by atoms with Gasteiger partial charge in [-0.05, 0) is 19.0 Å². The van der Waals surface area contributed by atoms with Gasteiger partial charge in [0.25, 0.3) is 0 Å². The highest BCUT2D eigenvalue weighted by Gasteiger charge is 2.20. The second-order valence-corrected chi connectivity index (χ2v) is 3.25. The van der Waals surface area contributed by atoms with Gasteiger partial charge in [0.1, 0.15) is 11.7 Å². The predicted octanol–water partition coefficient (Wildman–Crippen LogP) is 3.32. The second-order valence-electron chi connectivity index (χ2n) is 3.25. The molecule has 1 aliphatic heterocycles. The molecule has 88 valence electrons. The van der Waals surface area contributed by atoms with Gasteiger partial charge in [0.05, 0.1) is 0 Å². The minimum absolute atomic E-state index is 0. The average molecular weight is 347 g/mol. The van der Waals surface area contributed by atoms with Crippen LogP contribution >= 0.6 is 37.5 Å². The highest BCUT2D eigenvalue weighted by atomic mass is 127. The van der Waals surface area contributed by atoms with Crippen LogP contribution in [0.5, 0.6) is 0 Å². The summed E-state index contributed by atoms with van der Waals surface area (Å²) in [6.07, 6.45) is 0.504. The molecule has 15 heavy (non-hydrogen) atoms. The van der Waals surface area contributed by atoms with Crippen molar-refractivity contribution in [2.24, 2.45) is 0 Å². The molecule has 1 nitrogen and oxygen atoms in total. The van der Waals surface area contributed by atoms with Crippen LogP contribution in [0.4, 0.5) is 8.78 Å².